The predicted octanol–water partition coefficient (Wildman–Crippen LogP) is 6.03. The van der Waals surface area contributed by atoms with Crippen LogP contribution in [0.1, 0.15) is 84.1 Å². The highest BCUT2D eigenvalue weighted by atomic mass is 16.5. The molecule has 1 N–H and O–H groups in total. The summed E-state index contributed by atoms with van der Waals surface area (Å²) in [7, 11) is 1.66. The van der Waals surface area contributed by atoms with Gasteiger partial charge in [0.05, 0.1) is 12.7 Å². The van der Waals surface area contributed by atoms with Gasteiger partial charge in [-0.15, -0.1) is 0 Å². The predicted molar refractivity (Wildman–Crippen MR) is 131 cm³/mol. The molecule has 4 aliphatic rings. The number of methoxy groups -OCH3 is 1. The first-order valence-electron chi connectivity index (χ1n) is 13.1. The molecule has 0 radical (unpaired) electrons. The van der Waals surface area contributed by atoms with Crippen LogP contribution in [0, 0.1) is 52.3 Å². The minimum atomic E-state index is -0.909. The summed E-state index contributed by atoms with van der Waals surface area (Å²) >= 11 is 0. The van der Waals surface area contributed by atoms with Gasteiger partial charge in [0.15, 0.2) is 0 Å². The van der Waals surface area contributed by atoms with Gasteiger partial charge in [-0.1, -0.05) is 37.8 Å². The van der Waals surface area contributed by atoms with Gasteiger partial charge >= 0.3 is 0 Å². The van der Waals surface area contributed by atoms with E-state index in [4.69, 9.17) is 4.74 Å². The number of Topliss-reactive ketones (excluding diaryl/α,β-unsaturated/α-hetero) is 1. The summed E-state index contributed by atoms with van der Waals surface area (Å²) in [4.78, 5) is 12.4. The van der Waals surface area contributed by atoms with Crippen molar-refractivity contribution in [1.82, 2.24) is 0 Å². The lowest BCUT2D eigenvalue weighted by Crippen LogP contribution is -2.56. The monoisotopic (exact) mass is 448 g/mol. The summed E-state index contributed by atoms with van der Waals surface area (Å²) in [6, 6.07) is 7.79. The normalized spacial score (nSPS) is 44.0. The highest BCUT2D eigenvalue weighted by molar-refractivity contribution is 5.79. The van der Waals surface area contributed by atoms with Crippen LogP contribution in [0.15, 0.2) is 24.3 Å². The number of carbonyl (C=O) groups is 1. The van der Waals surface area contributed by atoms with E-state index < -0.39 is 5.60 Å². The molecule has 1 aromatic rings. The average Bonchev–Trinajstić information content (AvgIpc) is 3.16. The van der Waals surface area contributed by atoms with Crippen molar-refractivity contribution >= 4 is 5.78 Å². The highest BCUT2D eigenvalue weighted by Gasteiger charge is 2.61. The summed E-state index contributed by atoms with van der Waals surface area (Å²) < 4.78 is 5.44. The van der Waals surface area contributed by atoms with Gasteiger partial charge in [0, 0.05) is 5.92 Å². The number of aliphatic hydroxyl groups is 1. The topological polar surface area (TPSA) is 46.5 Å². The van der Waals surface area contributed by atoms with Gasteiger partial charge in [-0.2, -0.15) is 0 Å². The maximum absolute atomic E-state index is 12.4. The molecule has 0 aliphatic heterocycles. The molecule has 0 heterocycles. The van der Waals surface area contributed by atoms with Crippen LogP contribution < -0.4 is 4.74 Å². The molecule has 3 heteroatoms. The molecule has 0 spiro atoms. The molecule has 0 aromatic heterocycles. The fraction of sp³-hybridized carbons (Fsp3) is 0.700. The van der Waals surface area contributed by atoms with Crippen LogP contribution in [-0.4, -0.2) is 23.6 Å². The third-order valence-electron chi connectivity index (χ3n) is 10.8. The second-order valence-corrected chi connectivity index (χ2v) is 12.1. The van der Waals surface area contributed by atoms with Crippen molar-refractivity contribution in [2.24, 2.45) is 40.4 Å². The largest absolute Gasteiger partial charge is 0.495 e. The molecule has 178 valence electrons. The highest BCUT2D eigenvalue weighted by Crippen LogP contribution is 2.68. The van der Waals surface area contributed by atoms with Crippen LogP contribution in [0.5, 0.6) is 5.75 Å². The van der Waals surface area contributed by atoms with Gasteiger partial charge < -0.3 is 9.84 Å². The van der Waals surface area contributed by atoms with Crippen molar-refractivity contribution in [2.75, 3.05) is 7.11 Å². The summed E-state index contributed by atoms with van der Waals surface area (Å²) in [5, 5.41) is 11.5. The Bertz CT molecular complexity index is 988. The quantitative estimate of drug-likeness (QED) is 0.562. The van der Waals surface area contributed by atoms with Crippen molar-refractivity contribution in [2.45, 2.75) is 84.2 Å². The van der Waals surface area contributed by atoms with E-state index in [-0.39, 0.29) is 16.7 Å². The Kier molecular flexibility index (Phi) is 5.68. The third-order valence-corrected chi connectivity index (χ3v) is 10.8. The first-order valence-corrected chi connectivity index (χ1v) is 13.1. The van der Waals surface area contributed by atoms with Crippen LogP contribution in [0.3, 0.4) is 0 Å². The lowest BCUT2D eigenvalue weighted by molar-refractivity contribution is -0.144. The van der Waals surface area contributed by atoms with E-state index in [0.29, 0.717) is 17.6 Å². The molecular weight excluding hydrogens is 408 g/mol. The zero-order valence-electron chi connectivity index (χ0n) is 20.8. The van der Waals surface area contributed by atoms with Crippen molar-refractivity contribution in [1.29, 1.82) is 0 Å². The number of ether oxygens (including phenoxy) is 1. The molecule has 8 atom stereocenters. The van der Waals surface area contributed by atoms with Crippen LogP contribution in [0.25, 0.3) is 0 Å². The minimum Gasteiger partial charge on any atom is -0.495 e. The van der Waals surface area contributed by atoms with E-state index in [1.807, 2.05) is 31.2 Å². The van der Waals surface area contributed by atoms with Gasteiger partial charge in [-0.3, -0.25) is 4.79 Å². The molecule has 1 unspecified atom stereocenters. The second kappa shape index (κ2) is 8.16. The van der Waals surface area contributed by atoms with Crippen LogP contribution in [-0.2, 0) is 4.79 Å². The van der Waals surface area contributed by atoms with Crippen molar-refractivity contribution in [3.8, 4) is 17.6 Å². The number of hydrogen-bond acceptors (Lipinski definition) is 3. The molecule has 0 amide bonds. The summed E-state index contributed by atoms with van der Waals surface area (Å²) in [6.07, 6.45) is 9.81. The molecule has 33 heavy (non-hydrogen) atoms. The Labute approximate surface area is 199 Å². The number of benzene rings is 1. The Morgan fingerprint density at radius 3 is 2.52 bits per heavy atom. The van der Waals surface area contributed by atoms with Gasteiger partial charge in [-0.05, 0) is 111 Å². The van der Waals surface area contributed by atoms with E-state index in [1.54, 1.807) is 7.11 Å². The van der Waals surface area contributed by atoms with E-state index in [9.17, 15) is 9.90 Å². The third kappa shape index (κ3) is 3.65. The van der Waals surface area contributed by atoms with Gasteiger partial charge in [0.25, 0.3) is 0 Å². The van der Waals surface area contributed by atoms with E-state index >= 15 is 0 Å². The van der Waals surface area contributed by atoms with Crippen LogP contribution >= 0.6 is 0 Å². The van der Waals surface area contributed by atoms with Crippen LogP contribution in [0.4, 0.5) is 0 Å². The number of para-hydroxylation sites is 1. The zero-order valence-corrected chi connectivity index (χ0v) is 20.8. The maximum atomic E-state index is 12.4. The molecular formula is C30H40O3. The Morgan fingerprint density at radius 1 is 1.00 bits per heavy atom. The maximum Gasteiger partial charge on any atom is 0.134 e. The first kappa shape index (κ1) is 23.0. The fourth-order valence-corrected chi connectivity index (χ4v) is 8.96. The number of fused-ring (bicyclic) bond motifs is 5. The van der Waals surface area contributed by atoms with Crippen molar-refractivity contribution in [3.63, 3.8) is 0 Å². The molecule has 1 aromatic carbocycles. The molecule has 5 rings (SSSR count). The number of hydrogen-bond donors (Lipinski definition) is 1. The van der Waals surface area contributed by atoms with Crippen molar-refractivity contribution in [3.05, 3.63) is 29.8 Å². The second-order valence-electron chi connectivity index (χ2n) is 12.1. The number of ketones is 1. The van der Waals surface area contributed by atoms with E-state index in [2.05, 4.69) is 25.7 Å². The average molecular weight is 449 g/mol. The zero-order chi connectivity index (χ0) is 23.4. The molecule has 0 saturated heterocycles. The summed E-state index contributed by atoms with van der Waals surface area (Å²) in [5.41, 5.74) is 0.440. The minimum absolute atomic E-state index is 0.214. The van der Waals surface area contributed by atoms with E-state index in [1.165, 1.54) is 32.1 Å². The number of rotatable bonds is 2. The molecule has 4 fully saturated rings. The van der Waals surface area contributed by atoms with Gasteiger partial charge in [0.1, 0.15) is 17.1 Å². The smallest absolute Gasteiger partial charge is 0.134 e. The lowest BCUT2D eigenvalue weighted by Gasteiger charge is -2.61. The molecule has 4 aliphatic carbocycles. The Morgan fingerprint density at radius 2 is 1.76 bits per heavy atom. The van der Waals surface area contributed by atoms with Gasteiger partial charge in [0.2, 0.25) is 0 Å². The summed E-state index contributed by atoms with van der Waals surface area (Å²) in [6.45, 7) is 6.76. The van der Waals surface area contributed by atoms with E-state index in [0.717, 1.165) is 48.8 Å². The number of carbonyl (C=O) groups excluding carboxylic acids is 1. The molecule has 0 bridgehead atoms. The standard InChI is InChI=1S/C30H40O3/c1-20(31)24-11-12-25-23-10-9-22-19-30(32,16-13-21-7-5-6-8-27(21)33-4)18-17-28(22,2)26(23)14-15-29(24,25)3/h5-8,22-26,32H,9-12,14-15,17-19H2,1-4H3/t22?,23-,24+,25-,26-,28-,29+,30+/m0/s1. The lowest BCUT2D eigenvalue weighted by atomic mass is 9.44. The van der Waals surface area contributed by atoms with Gasteiger partial charge in [-0.25, -0.2) is 0 Å². The fourth-order valence-electron chi connectivity index (χ4n) is 8.96. The van der Waals surface area contributed by atoms with Crippen LogP contribution in [0.2, 0.25) is 0 Å². The SMILES string of the molecule is COc1ccccc1C#C[C@@]1(O)CC[C@@]2(C)C(CC[C@H]3[C@@H]4CC[C@H](C(C)=O)[C@@]4(C)CC[C@@H]32)C1. The summed E-state index contributed by atoms with van der Waals surface area (Å²) in [5.74, 6) is 10.7. The Balaban J connectivity index is 1.35. The molecule has 4 saturated carbocycles. The van der Waals surface area contributed by atoms with Crippen molar-refractivity contribution < 1.29 is 14.6 Å². The molecule has 3 nitrogen and oxygen atoms in total. The first-order chi connectivity index (χ1) is 15.7. The Hall–Kier alpha value is -1.79.